The topological polar surface area (TPSA) is 15.8 Å². The summed E-state index contributed by atoms with van der Waals surface area (Å²) in [7, 11) is 0. The number of rotatable bonds is 0. The summed E-state index contributed by atoms with van der Waals surface area (Å²) in [6.07, 6.45) is 1.05. The fourth-order valence-corrected chi connectivity index (χ4v) is 3.54. The summed E-state index contributed by atoms with van der Waals surface area (Å²) >= 11 is 0. The first-order valence-corrected chi connectivity index (χ1v) is 7.02. The number of hydrogen-bond donors (Lipinski definition) is 1. The Balaban J connectivity index is 1.99. The zero-order valence-corrected chi connectivity index (χ0v) is 11.0. The summed E-state index contributed by atoms with van der Waals surface area (Å²) in [4.78, 5) is 3.62. The third-order valence-corrected chi connectivity index (χ3v) is 4.44. The number of aromatic amines is 1. The summed E-state index contributed by atoms with van der Waals surface area (Å²) in [5.74, 6) is 0. The third kappa shape index (κ3) is 1.17. The first-order chi connectivity index (χ1) is 9.92. The van der Waals surface area contributed by atoms with Crippen molar-refractivity contribution in [2.24, 2.45) is 0 Å². The van der Waals surface area contributed by atoms with Gasteiger partial charge in [-0.2, -0.15) is 0 Å². The molecule has 1 aromatic heterocycles. The van der Waals surface area contributed by atoms with Gasteiger partial charge in [-0.15, -0.1) is 0 Å². The van der Waals surface area contributed by atoms with Crippen molar-refractivity contribution < 1.29 is 0 Å². The SMILES string of the molecule is c1ccc2c(c1)Cc1ccc3c([nH]c4ccccc43)c1-2. The molecule has 94 valence electrons. The highest BCUT2D eigenvalue weighted by atomic mass is 14.7. The Morgan fingerprint density at radius 1 is 0.700 bits per heavy atom. The molecule has 4 aromatic rings. The van der Waals surface area contributed by atoms with Crippen LogP contribution in [0.2, 0.25) is 0 Å². The van der Waals surface area contributed by atoms with Crippen molar-refractivity contribution in [3.63, 3.8) is 0 Å². The fraction of sp³-hybridized carbons (Fsp3) is 0.0526. The van der Waals surface area contributed by atoms with E-state index in [9.17, 15) is 0 Å². The summed E-state index contributed by atoms with van der Waals surface area (Å²) in [5, 5.41) is 2.64. The maximum absolute atomic E-state index is 3.62. The molecular formula is C19H13N. The molecule has 1 N–H and O–H groups in total. The van der Waals surface area contributed by atoms with Crippen molar-refractivity contribution in [2.75, 3.05) is 0 Å². The maximum Gasteiger partial charge on any atom is 0.0547 e. The van der Waals surface area contributed by atoms with Crippen molar-refractivity contribution in [3.8, 4) is 11.1 Å². The Kier molecular flexibility index (Phi) is 1.80. The molecule has 20 heavy (non-hydrogen) atoms. The molecule has 0 radical (unpaired) electrons. The molecule has 0 bridgehead atoms. The number of hydrogen-bond acceptors (Lipinski definition) is 0. The summed E-state index contributed by atoms with van der Waals surface area (Å²) in [6.45, 7) is 0. The molecule has 1 heteroatoms. The number of aromatic nitrogens is 1. The first kappa shape index (κ1) is 10.3. The normalized spacial score (nSPS) is 12.8. The standard InChI is InChI=1S/C19H13N/c1-2-6-14-12(5-1)11-13-9-10-16-15-7-3-4-8-17(15)20-19(16)18(13)14/h1-10,20H,11H2. The molecule has 3 aromatic carbocycles. The molecule has 0 fully saturated rings. The zero-order valence-electron chi connectivity index (χ0n) is 11.0. The van der Waals surface area contributed by atoms with Gasteiger partial charge in [0, 0.05) is 21.9 Å². The van der Waals surface area contributed by atoms with Crippen LogP contribution in [0.3, 0.4) is 0 Å². The lowest BCUT2D eigenvalue weighted by Gasteiger charge is -2.02. The van der Waals surface area contributed by atoms with Gasteiger partial charge in [-0.3, -0.25) is 0 Å². The number of benzene rings is 3. The van der Waals surface area contributed by atoms with Crippen LogP contribution in [-0.2, 0) is 6.42 Å². The van der Waals surface area contributed by atoms with E-state index in [2.05, 4.69) is 65.6 Å². The minimum atomic E-state index is 1.05. The number of para-hydroxylation sites is 1. The molecule has 0 amide bonds. The highest BCUT2D eigenvalue weighted by Gasteiger charge is 2.21. The molecule has 1 aliphatic rings. The molecule has 1 nitrogen and oxygen atoms in total. The van der Waals surface area contributed by atoms with Crippen LogP contribution in [0.25, 0.3) is 32.9 Å². The van der Waals surface area contributed by atoms with Crippen LogP contribution in [0, 0.1) is 0 Å². The Hall–Kier alpha value is -2.54. The largest absolute Gasteiger partial charge is 0.354 e. The van der Waals surface area contributed by atoms with Crippen LogP contribution in [-0.4, -0.2) is 4.98 Å². The summed E-state index contributed by atoms with van der Waals surface area (Å²) in [5.41, 5.74) is 8.17. The molecule has 5 rings (SSSR count). The second-order valence-electron chi connectivity index (χ2n) is 5.53. The van der Waals surface area contributed by atoms with Gasteiger partial charge in [0.05, 0.1) is 5.52 Å². The van der Waals surface area contributed by atoms with Crippen LogP contribution in [0.4, 0.5) is 0 Å². The summed E-state index contributed by atoms with van der Waals surface area (Å²) < 4.78 is 0. The molecule has 0 aliphatic heterocycles. The number of fused-ring (bicyclic) bond motifs is 7. The van der Waals surface area contributed by atoms with Crippen molar-refractivity contribution in [1.29, 1.82) is 0 Å². The second-order valence-corrected chi connectivity index (χ2v) is 5.53. The van der Waals surface area contributed by atoms with Gasteiger partial charge in [-0.25, -0.2) is 0 Å². The second kappa shape index (κ2) is 3.51. The van der Waals surface area contributed by atoms with Gasteiger partial charge in [0.15, 0.2) is 0 Å². The predicted molar refractivity (Wildman–Crippen MR) is 84.0 cm³/mol. The smallest absolute Gasteiger partial charge is 0.0547 e. The minimum absolute atomic E-state index is 1.05. The molecule has 1 heterocycles. The zero-order chi connectivity index (χ0) is 13.1. The van der Waals surface area contributed by atoms with E-state index in [1.807, 2.05) is 0 Å². The van der Waals surface area contributed by atoms with E-state index >= 15 is 0 Å². The van der Waals surface area contributed by atoms with Crippen LogP contribution >= 0.6 is 0 Å². The minimum Gasteiger partial charge on any atom is -0.354 e. The van der Waals surface area contributed by atoms with Gasteiger partial charge in [-0.05, 0) is 29.2 Å². The van der Waals surface area contributed by atoms with Gasteiger partial charge in [0.2, 0.25) is 0 Å². The number of H-pyrrole nitrogens is 1. The average molecular weight is 255 g/mol. The van der Waals surface area contributed by atoms with Gasteiger partial charge < -0.3 is 4.98 Å². The molecule has 0 unspecified atom stereocenters. The van der Waals surface area contributed by atoms with E-state index in [0.29, 0.717) is 0 Å². The third-order valence-electron chi connectivity index (χ3n) is 4.44. The van der Waals surface area contributed by atoms with E-state index in [-0.39, 0.29) is 0 Å². The highest BCUT2D eigenvalue weighted by Crippen LogP contribution is 2.42. The van der Waals surface area contributed by atoms with E-state index in [0.717, 1.165) is 6.42 Å². The molecule has 0 spiro atoms. The van der Waals surface area contributed by atoms with Crippen molar-refractivity contribution >= 4 is 21.8 Å². The van der Waals surface area contributed by atoms with Crippen LogP contribution in [0.15, 0.2) is 60.7 Å². The average Bonchev–Trinajstić information content (AvgIpc) is 3.04. The van der Waals surface area contributed by atoms with Gasteiger partial charge in [-0.1, -0.05) is 54.6 Å². The van der Waals surface area contributed by atoms with E-state index in [1.54, 1.807) is 0 Å². The van der Waals surface area contributed by atoms with Crippen molar-refractivity contribution in [3.05, 3.63) is 71.8 Å². The lowest BCUT2D eigenvalue weighted by molar-refractivity contribution is 1.27. The van der Waals surface area contributed by atoms with Gasteiger partial charge >= 0.3 is 0 Å². The number of nitrogens with one attached hydrogen (secondary N) is 1. The monoisotopic (exact) mass is 255 g/mol. The van der Waals surface area contributed by atoms with E-state index < -0.39 is 0 Å². The van der Waals surface area contributed by atoms with Gasteiger partial charge in [0.1, 0.15) is 0 Å². The Bertz CT molecular complexity index is 976. The van der Waals surface area contributed by atoms with Crippen molar-refractivity contribution in [1.82, 2.24) is 4.98 Å². The molecule has 0 atom stereocenters. The highest BCUT2D eigenvalue weighted by molar-refractivity contribution is 6.13. The first-order valence-electron chi connectivity index (χ1n) is 7.02. The summed E-state index contributed by atoms with van der Waals surface area (Å²) in [6, 6.07) is 21.8. The molecule has 0 saturated heterocycles. The van der Waals surface area contributed by atoms with E-state index in [1.165, 1.54) is 44.1 Å². The lowest BCUT2D eigenvalue weighted by Crippen LogP contribution is -1.80. The fourth-order valence-electron chi connectivity index (χ4n) is 3.54. The molecular weight excluding hydrogens is 242 g/mol. The van der Waals surface area contributed by atoms with Gasteiger partial charge in [0.25, 0.3) is 0 Å². The predicted octanol–water partition coefficient (Wildman–Crippen LogP) is 4.89. The van der Waals surface area contributed by atoms with Crippen LogP contribution in [0.5, 0.6) is 0 Å². The Labute approximate surface area is 116 Å². The quantitative estimate of drug-likeness (QED) is 0.405. The lowest BCUT2D eigenvalue weighted by atomic mass is 10.0. The van der Waals surface area contributed by atoms with Crippen molar-refractivity contribution in [2.45, 2.75) is 6.42 Å². The van der Waals surface area contributed by atoms with E-state index in [4.69, 9.17) is 0 Å². The van der Waals surface area contributed by atoms with Crippen LogP contribution in [0.1, 0.15) is 11.1 Å². The maximum atomic E-state index is 3.62. The Morgan fingerprint density at radius 2 is 1.55 bits per heavy atom. The molecule has 0 saturated carbocycles. The molecule has 1 aliphatic carbocycles. The van der Waals surface area contributed by atoms with Crippen LogP contribution < -0.4 is 0 Å². The Morgan fingerprint density at radius 3 is 2.55 bits per heavy atom.